The number of aromatic nitrogens is 2. The fourth-order valence-electron chi connectivity index (χ4n) is 3.33. The number of amides is 1. The van der Waals surface area contributed by atoms with Gasteiger partial charge < -0.3 is 4.42 Å². The first kappa shape index (κ1) is 21.9. The normalized spacial score (nSPS) is 15.7. The minimum atomic E-state index is -3.62. The number of nitrogens with zero attached hydrogens (tertiary/aromatic N) is 3. The zero-order valence-electron chi connectivity index (χ0n) is 16.2. The first-order chi connectivity index (χ1) is 14.8. The van der Waals surface area contributed by atoms with Crippen LogP contribution < -0.4 is 5.32 Å². The van der Waals surface area contributed by atoms with Crippen LogP contribution >= 0.6 is 27.5 Å². The molecular formula is C20H18BrClN4O4S. The van der Waals surface area contributed by atoms with Crippen LogP contribution in [0, 0.1) is 5.92 Å². The summed E-state index contributed by atoms with van der Waals surface area (Å²) in [6.45, 7) is 0.492. The van der Waals surface area contributed by atoms with Crippen LogP contribution in [0.1, 0.15) is 12.8 Å². The predicted molar refractivity (Wildman–Crippen MR) is 119 cm³/mol. The van der Waals surface area contributed by atoms with E-state index in [1.165, 1.54) is 16.4 Å². The Bertz CT molecular complexity index is 1190. The van der Waals surface area contributed by atoms with E-state index in [9.17, 15) is 13.2 Å². The first-order valence-corrected chi connectivity index (χ1v) is 12.1. The number of carbonyl (C=O) groups excluding carboxylic acids is 1. The molecule has 3 aromatic rings. The third-order valence-electron chi connectivity index (χ3n) is 5.00. The van der Waals surface area contributed by atoms with Gasteiger partial charge in [-0.05, 0) is 55.3 Å². The summed E-state index contributed by atoms with van der Waals surface area (Å²) in [5.41, 5.74) is 0.725. The van der Waals surface area contributed by atoms with Crippen LogP contribution in [0.25, 0.3) is 11.5 Å². The molecule has 31 heavy (non-hydrogen) atoms. The van der Waals surface area contributed by atoms with Crippen LogP contribution in [0.4, 0.5) is 6.01 Å². The summed E-state index contributed by atoms with van der Waals surface area (Å²) in [5, 5.41) is 10.9. The van der Waals surface area contributed by atoms with Crippen molar-refractivity contribution in [2.75, 3.05) is 18.4 Å². The van der Waals surface area contributed by atoms with Crippen molar-refractivity contribution in [1.29, 1.82) is 0 Å². The molecule has 1 aliphatic heterocycles. The summed E-state index contributed by atoms with van der Waals surface area (Å²) in [5.74, 6) is -0.327. The Balaban J connectivity index is 1.36. The molecule has 1 saturated heterocycles. The maximum Gasteiger partial charge on any atom is 0.322 e. The van der Waals surface area contributed by atoms with Crippen LogP contribution in [-0.2, 0) is 14.8 Å². The van der Waals surface area contributed by atoms with E-state index >= 15 is 0 Å². The van der Waals surface area contributed by atoms with Crippen LogP contribution in [0.5, 0.6) is 0 Å². The van der Waals surface area contributed by atoms with Gasteiger partial charge in [0.05, 0.1) is 4.90 Å². The van der Waals surface area contributed by atoms with Gasteiger partial charge in [0.25, 0.3) is 0 Å². The van der Waals surface area contributed by atoms with Crippen LogP contribution in [0.3, 0.4) is 0 Å². The van der Waals surface area contributed by atoms with Crippen molar-refractivity contribution in [3.8, 4) is 11.5 Å². The van der Waals surface area contributed by atoms with E-state index in [2.05, 4.69) is 31.4 Å². The second-order valence-corrected chi connectivity index (χ2v) is 10.3. The Morgan fingerprint density at radius 3 is 2.52 bits per heavy atom. The van der Waals surface area contributed by atoms with Crippen molar-refractivity contribution < 1.29 is 17.6 Å². The van der Waals surface area contributed by atoms with Crippen LogP contribution in [0.15, 0.2) is 62.3 Å². The highest BCUT2D eigenvalue weighted by atomic mass is 79.9. The molecule has 2 heterocycles. The molecule has 11 heteroatoms. The predicted octanol–water partition coefficient (Wildman–Crippen LogP) is 4.19. The van der Waals surface area contributed by atoms with E-state index in [0.29, 0.717) is 23.8 Å². The van der Waals surface area contributed by atoms with Gasteiger partial charge in [-0.2, -0.15) is 4.31 Å². The smallest absolute Gasteiger partial charge is 0.322 e. The molecule has 4 rings (SSSR count). The molecule has 0 bridgehead atoms. The number of nitrogens with one attached hydrogen (secondary N) is 1. The maximum atomic E-state index is 12.8. The van der Waals surface area contributed by atoms with Crippen molar-refractivity contribution >= 4 is 49.5 Å². The largest absolute Gasteiger partial charge is 0.403 e. The minimum Gasteiger partial charge on any atom is -0.403 e. The van der Waals surface area contributed by atoms with E-state index in [1.54, 1.807) is 12.1 Å². The number of rotatable bonds is 5. The fraction of sp³-hybridized carbons (Fsp3) is 0.250. The molecule has 1 aromatic heterocycles. The van der Waals surface area contributed by atoms with E-state index in [0.717, 1.165) is 10.0 Å². The average molecular weight is 526 g/mol. The minimum absolute atomic E-state index is 0.0104. The lowest BCUT2D eigenvalue weighted by Gasteiger charge is -2.30. The van der Waals surface area contributed by atoms with Crippen molar-refractivity contribution in [3.63, 3.8) is 0 Å². The van der Waals surface area contributed by atoms with E-state index < -0.39 is 10.0 Å². The molecular weight excluding hydrogens is 508 g/mol. The number of hydrogen-bond donors (Lipinski definition) is 1. The Hall–Kier alpha value is -2.27. The van der Waals surface area contributed by atoms with E-state index in [4.69, 9.17) is 16.0 Å². The Kier molecular flexibility index (Phi) is 6.42. The van der Waals surface area contributed by atoms with Crippen molar-refractivity contribution in [2.24, 2.45) is 5.92 Å². The highest BCUT2D eigenvalue weighted by Crippen LogP contribution is 2.27. The molecule has 8 nitrogen and oxygen atoms in total. The van der Waals surface area contributed by atoms with Crippen LogP contribution in [0.2, 0.25) is 5.02 Å². The zero-order valence-corrected chi connectivity index (χ0v) is 19.3. The standard InChI is InChI=1S/C20H18BrClN4O4S/c21-15-3-1-2-14(12-15)19-24-25-20(30-19)23-18(27)13-8-10-26(11-9-13)31(28,29)17-6-4-16(22)5-7-17/h1-7,12-13H,8-11H2,(H,23,25,27). The monoisotopic (exact) mass is 524 g/mol. The number of halogens is 2. The topological polar surface area (TPSA) is 105 Å². The van der Waals surface area contributed by atoms with Crippen LogP contribution in [-0.4, -0.2) is 41.9 Å². The molecule has 1 fully saturated rings. The summed E-state index contributed by atoms with van der Waals surface area (Å²) < 4.78 is 33.3. The summed E-state index contributed by atoms with van der Waals surface area (Å²) in [7, 11) is -3.62. The summed E-state index contributed by atoms with van der Waals surface area (Å²) in [6, 6.07) is 13.4. The first-order valence-electron chi connectivity index (χ1n) is 9.49. The number of sulfonamides is 1. The Morgan fingerprint density at radius 2 is 1.84 bits per heavy atom. The summed E-state index contributed by atoms with van der Waals surface area (Å²) in [6.07, 6.45) is 0.788. The molecule has 162 valence electrons. The second kappa shape index (κ2) is 9.07. The van der Waals surface area contributed by atoms with E-state index in [1.807, 2.05) is 24.3 Å². The van der Waals surface area contributed by atoms with Gasteiger partial charge in [-0.15, -0.1) is 5.10 Å². The van der Waals surface area contributed by atoms with Crippen molar-refractivity contribution in [3.05, 3.63) is 58.0 Å². The quantitative estimate of drug-likeness (QED) is 0.535. The molecule has 0 unspecified atom stereocenters. The Labute approximate surface area is 192 Å². The third kappa shape index (κ3) is 4.98. The molecule has 1 aliphatic rings. The highest BCUT2D eigenvalue weighted by molar-refractivity contribution is 9.10. The van der Waals surface area contributed by atoms with Gasteiger partial charge in [-0.1, -0.05) is 38.7 Å². The number of carbonyl (C=O) groups is 1. The van der Waals surface area contributed by atoms with Crippen molar-refractivity contribution in [1.82, 2.24) is 14.5 Å². The molecule has 1 N–H and O–H groups in total. The Morgan fingerprint density at radius 1 is 1.13 bits per heavy atom. The number of anilines is 1. The van der Waals surface area contributed by atoms with Gasteiger partial charge in [-0.3, -0.25) is 10.1 Å². The molecule has 1 amide bonds. The summed E-state index contributed by atoms with van der Waals surface area (Å²) in [4.78, 5) is 12.8. The summed E-state index contributed by atoms with van der Waals surface area (Å²) >= 11 is 9.22. The number of benzene rings is 2. The second-order valence-electron chi connectivity index (χ2n) is 7.04. The van der Waals surface area contributed by atoms with Gasteiger partial charge in [0, 0.05) is 34.1 Å². The van der Waals surface area contributed by atoms with Gasteiger partial charge in [0.1, 0.15) is 0 Å². The average Bonchev–Trinajstić information content (AvgIpc) is 3.23. The van der Waals surface area contributed by atoms with Gasteiger partial charge >= 0.3 is 6.01 Å². The molecule has 2 aromatic carbocycles. The fourth-order valence-corrected chi connectivity index (χ4v) is 5.33. The lowest BCUT2D eigenvalue weighted by atomic mass is 9.97. The van der Waals surface area contributed by atoms with Gasteiger partial charge in [-0.25, -0.2) is 8.42 Å². The molecule has 0 saturated carbocycles. The maximum absolute atomic E-state index is 12.8. The molecule has 0 radical (unpaired) electrons. The zero-order chi connectivity index (χ0) is 22.0. The lowest BCUT2D eigenvalue weighted by Crippen LogP contribution is -2.41. The van der Waals surface area contributed by atoms with Gasteiger partial charge in [0.2, 0.25) is 21.8 Å². The SMILES string of the molecule is O=C(Nc1nnc(-c2cccc(Br)c2)o1)C1CCN(S(=O)(=O)c2ccc(Cl)cc2)CC1. The highest BCUT2D eigenvalue weighted by Gasteiger charge is 2.32. The molecule has 0 atom stereocenters. The number of piperidine rings is 1. The number of hydrogen-bond acceptors (Lipinski definition) is 6. The van der Waals surface area contributed by atoms with Gasteiger partial charge in [0.15, 0.2) is 0 Å². The molecule has 0 aliphatic carbocycles. The lowest BCUT2D eigenvalue weighted by molar-refractivity contribution is -0.121. The van der Waals surface area contributed by atoms with E-state index in [-0.39, 0.29) is 35.8 Å². The van der Waals surface area contributed by atoms with Crippen molar-refractivity contribution in [2.45, 2.75) is 17.7 Å². The third-order valence-corrected chi connectivity index (χ3v) is 7.66. The molecule has 0 spiro atoms.